The fraction of sp³-hybridized carbons (Fsp3) is 0.440. The molecule has 2 heterocycles. The van der Waals surface area contributed by atoms with Gasteiger partial charge in [0, 0.05) is 24.7 Å². The number of nitro groups is 1. The molecule has 2 aromatic carbocycles. The summed E-state index contributed by atoms with van der Waals surface area (Å²) in [5.74, 6) is -3.44. The quantitative estimate of drug-likeness (QED) is 0.292. The molecule has 3 atom stereocenters. The summed E-state index contributed by atoms with van der Waals surface area (Å²) in [7, 11) is -4.48. The van der Waals surface area contributed by atoms with E-state index in [1.54, 1.807) is 25.7 Å². The second kappa shape index (κ2) is 10.6. The van der Waals surface area contributed by atoms with Crippen molar-refractivity contribution in [1.29, 1.82) is 0 Å². The molecule has 0 unspecified atom stereocenters. The number of anilines is 1. The van der Waals surface area contributed by atoms with Gasteiger partial charge >= 0.3 is 5.97 Å². The number of sulfonamides is 1. The number of benzene rings is 2. The number of para-hydroxylation sites is 2. The molecule has 0 bridgehead atoms. The molecule has 1 N–H and O–H groups in total. The Labute approximate surface area is 223 Å². The molecule has 14 heteroatoms. The highest BCUT2D eigenvalue weighted by Crippen LogP contribution is 2.32. The Morgan fingerprint density at radius 3 is 2.38 bits per heavy atom. The van der Waals surface area contributed by atoms with Crippen molar-refractivity contribution in [3.05, 3.63) is 64.2 Å². The molecule has 4 rings (SSSR count). The molecule has 0 spiro atoms. The van der Waals surface area contributed by atoms with Crippen LogP contribution in [0.4, 0.5) is 20.2 Å². The fourth-order valence-corrected chi connectivity index (χ4v) is 6.30. The Morgan fingerprint density at radius 1 is 1.15 bits per heavy atom. The number of hydrogen-bond acceptors (Lipinski definition) is 8. The molecule has 210 valence electrons. The molecule has 1 amide bonds. The van der Waals surface area contributed by atoms with E-state index < -0.39 is 78.3 Å². The number of hydrogen-bond donors (Lipinski definition) is 1. The molecule has 0 saturated carbocycles. The number of nitrogens with one attached hydrogen (secondary N) is 1. The van der Waals surface area contributed by atoms with Crippen LogP contribution in [-0.4, -0.2) is 67.4 Å². The third-order valence-corrected chi connectivity index (χ3v) is 8.55. The SMILES string of the molecule is C[C@@H]1C[C@@H]([C@H](CN2CC(=O)N(c3c(F)cccc3F)CC2(C)C)NS(=O)(=O)c2ccccc2[N+](=O)[O-])OC1=O. The molecule has 2 fully saturated rings. The highest BCUT2D eigenvalue weighted by atomic mass is 32.2. The molecule has 0 radical (unpaired) electrons. The van der Waals surface area contributed by atoms with Crippen LogP contribution in [0.3, 0.4) is 0 Å². The van der Waals surface area contributed by atoms with E-state index in [0.29, 0.717) is 0 Å². The van der Waals surface area contributed by atoms with Crippen LogP contribution in [0.2, 0.25) is 0 Å². The second-order valence-corrected chi connectivity index (χ2v) is 12.0. The number of nitrogens with zero attached hydrogens (tertiary/aromatic N) is 3. The first-order valence-corrected chi connectivity index (χ1v) is 13.7. The Hall–Kier alpha value is -3.49. The van der Waals surface area contributed by atoms with Crippen LogP contribution in [0.15, 0.2) is 47.4 Å². The molecule has 2 aliphatic heterocycles. The van der Waals surface area contributed by atoms with E-state index in [1.807, 2.05) is 0 Å². The minimum atomic E-state index is -4.48. The van der Waals surface area contributed by atoms with Gasteiger partial charge in [0.25, 0.3) is 5.69 Å². The van der Waals surface area contributed by atoms with Crippen molar-refractivity contribution in [3.8, 4) is 0 Å². The number of nitro benzene ring substituents is 1. The van der Waals surface area contributed by atoms with Crippen molar-refractivity contribution in [2.45, 2.75) is 49.8 Å². The van der Waals surface area contributed by atoms with Gasteiger partial charge in [-0.2, -0.15) is 0 Å². The average Bonchev–Trinajstić information content (AvgIpc) is 3.19. The van der Waals surface area contributed by atoms with Crippen molar-refractivity contribution in [3.63, 3.8) is 0 Å². The van der Waals surface area contributed by atoms with E-state index in [1.165, 1.54) is 18.2 Å². The zero-order valence-electron chi connectivity index (χ0n) is 21.5. The van der Waals surface area contributed by atoms with Crippen LogP contribution in [0.5, 0.6) is 0 Å². The van der Waals surface area contributed by atoms with Gasteiger partial charge in [0.1, 0.15) is 23.4 Å². The first-order valence-electron chi connectivity index (χ1n) is 12.2. The average molecular weight is 567 g/mol. The van der Waals surface area contributed by atoms with Gasteiger partial charge in [0.2, 0.25) is 15.9 Å². The molecule has 2 aromatic rings. The monoisotopic (exact) mass is 566 g/mol. The van der Waals surface area contributed by atoms with Gasteiger partial charge in [-0.3, -0.25) is 24.6 Å². The number of piperazine rings is 1. The Bertz CT molecular complexity index is 1400. The topological polar surface area (TPSA) is 139 Å². The van der Waals surface area contributed by atoms with Crippen molar-refractivity contribution in [2.24, 2.45) is 5.92 Å². The van der Waals surface area contributed by atoms with E-state index >= 15 is 0 Å². The predicted molar refractivity (Wildman–Crippen MR) is 135 cm³/mol. The van der Waals surface area contributed by atoms with Gasteiger partial charge in [-0.25, -0.2) is 21.9 Å². The molecule has 39 heavy (non-hydrogen) atoms. The first-order chi connectivity index (χ1) is 18.2. The molecule has 11 nitrogen and oxygen atoms in total. The largest absolute Gasteiger partial charge is 0.460 e. The van der Waals surface area contributed by atoms with Crippen LogP contribution in [-0.2, 0) is 24.3 Å². The molecule has 0 aromatic heterocycles. The van der Waals surface area contributed by atoms with Crippen LogP contribution < -0.4 is 9.62 Å². The van der Waals surface area contributed by atoms with Gasteiger partial charge in [-0.05, 0) is 38.5 Å². The Kier molecular flexibility index (Phi) is 7.74. The Balaban J connectivity index is 1.64. The number of halogens is 2. The van der Waals surface area contributed by atoms with Crippen LogP contribution >= 0.6 is 0 Å². The summed E-state index contributed by atoms with van der Waals surface area (Å²) in [5.41, 5.74) is -2.00. The third kappa shape index (κ3) is 5.77. The second-order valence-electron chi connectivity index (χ2n) is 10.3. The lowest BCUT2D eigenvalue weighted by molar-refractivity contribution is -0.387. The van der Waals surface area contributed by atoms with Gasteiger partial charge < -0.3 is 9.64 Å². The smallest absolute Gasteiger partial charge is 0.309 e. The summed E-state index contributed by atoms with van der Waals surface area (Å²) >= 11 is 0. The van der Waals surface area contributed by atoms with Crippen molar-refractivity contribution in [1.82, 2.24) is 9.62 Å². The minimum absolute atomic E-state index is 0.117. The normalized spacial score (nSPS) is 22.5. The summed E-state index contributed by atoms with van der Waals surface area (Å²) in [4.78, 5) is 38.0. The molecule has 2 saturated heterocycles. The van der Waals surface area contributed by atoms with Crippen LogP contribution in [0.1, 0.15) is 27.2 Å². The van der Waals surface area contributed by atoms with E-state index in [4.69, 9.17) is 4.74 Å². The Morgan fingerprint density at radius 2 is 1.79 bits per heavy atom. The van der Waals surface area contributed by atoms with Crippen LogP contribution in [0, 0.1) is 27.7 Å². The van der Waals surface area contributed by atoms with Crippen molar-refractivity contribution >= 4 is 33.3 Å². The summed E-state index contributed by atoms with van der Waals surface area (Å²) in [6, 6.07) is 7.03. The number of rotatable bonds is 8. The number of ether oxygens (including phenoxy) is 1. The number of carbonyl (C=O) groups is 2. The van der Waals surface area contributed by atoms with Crippen molar-refractivity contribution < 1.29 is 36.4 Å². The van der Waals surface area contributed by atoms with Crippen molar-refractivity contribution in [2.75, 3.05) is 24.5 Å². The summed E-state index contributed by atoms with van der Waals surface area (Å²) in [6.45, 7) is 4.51. The summed E-state index contributed by atoms with van der Waals surface area (Å²) in [5, 5.41) is 11.5. The van der Waals surface area contributed by atoms with Gasteiger partial charge in [0.15, 0.2) is 4.90 Å². The van der Waals surface area contributed by atoms with Gasteiger partial charge in [-0.1, -0.05) is 25.1 Å². The number of esters is 1. The van der Waals surface area contributed by atoms with E-state index in [-0.39, 0.29) is 26.1 Å². The molecular formula is C25H28F2N4O7S. The lowest BCUT2D eigenvalue weighted by Crippen LogP contribution is -2.65. The summed E-state index contributed by atoms with van der Waals surface area (Å²) in [6.07, 6.45) is -0.740. The van der Waals surface area contributed by atoms with E-state index in [9.17, 15) is 36.9 Å². The standard InChI is InChI=1S/C25H28F2N4O7S/c1-15-11-20(38-24(15)33)18(28-39(36,37)21-10-5-4-9-19(21)31(34)35)12-29-13-22(32)30(14-25(29,2)3)23-16(26)7-6-8-17(23)27/h4-10,15,18,20,28H,11-14H2,1-3H3/t15-,18+,20+/m1/s1. The maximum absolute atomic E-state index is 14.5. The lowest BCUT2D eigenvalue weighted by Gasteiger charge is -2.48. The maximum Gasteiger partial charge on any atom is 0.309 e. The zero-order valence-corrected chi connectivity index (χ0v) is 22.3. The number of amides is 1. The summed E-state index contributed by atoms with van der Waals surface area (Å²) < 4.78 is 63.5. The molecular weight excluding hydrogens is 538 g/mol. The van der Waals surface area contributed by atoms with Gasteiger partial charge in [0.05, 0.1) is 23.4 Å². The third-order valence-electron chi connectivity index (χ3n) is 7.02. The lowest BCUT2D eigenvalue weighted by atomic mass is 9.95. The highest BCUT2D eigenvalue weighted by Gasteiger charge is 2.45. The first kappa shape index (κ1) is 28.5. The highest BCUT2D eigenvalue weighted by molar-refractivity contribution is 7.89. The van der Waals surface area contributed by atoms with E-state index in [0.717, 1.165) is 29.2 Å². The maximum atomic E-state index is 14.5. The number of cyclic esters (lactones) is 1. The number of carbonyl (C=O) groups excluding carboxylic acids is 2. The minimum Gasteiger partial charge on any atom is -0.460 e. The van der Waals surface area contributed by atoms with Gasteiger partial charge in [-0.15, -0.1) is 0 Å². The zero-order chi connectivity index (χ0) is 28.7. The van der Waals surface area contributed by atoms with E-state index in [2.05, 4.69) is 4.72 Å². The fourth-order valence-electron chi connectivity index (χ4n) is 4.87. The predicted octanol–water partition coefficient (Wildman–Crippen LogP) is 2.60. The van der Waals surface area contributed by atoms with Crippen LogP contribution in [0.25, 0.3) is 0 Å². The molecule has 2 aliphatic rings. The molecule has 0 aliphatic carbocycles.